The lowest BCUT2D eigenvalue weighted by Gasteiger charge is -2.11. The van der Waals surface area contributed by atoms with Gasteiger partial charge in [-0.05, 0) is 36.8 Å². The highest BCUT2D eigenvalue weighted by atomic mass is 32.1. The van der Waals surface area contributed by atoms with Gasteiger partial charge in [0, 0.05) is 11.3 Å². The van der Waals surface area contributed by atoms with Gasteiger partial charge in [-0.1, -0.05) is 24.4 Å². The first-order chi connectivity index (χ1) is 8.97. The van der Waals surface area contributed by atoms with Gasteiger partial charge in [-0.2, -0.15) is 0 Å². The van der Waals surface area contributed by atoms with E-state index in [0.717, 1.165) is 17.7 Å². The smallest absolute Gasteiger partial charge is 0.150 e. The molecule has 0 amide bonds. The maximum absolute atomic E-state index is 13.8. The summed E-state index contributed by atoms with van der Waals surface area (Å²) in [5, 5.41) is 2.71. The molecule has 2 rings (SSSR count). The van der Waals surface area contributed by atoms with E-state index in [1.165, 1.54) is 0 Å². The first-order valence-electron chi connectivity index (χ1n) is 5.60. The number of hydrogen-bond donors (Lipinski definition) is 2. The van der Waals surface area contributed by atoms with Gasteiger partial charge in [0.05, 0.1) is 0 Å². The third kappa shape index (κ3) is 3.06. The quantitative estimate of drug-likeness (QED) is 0.842. The zero-order valence-electron chi connectivity index (χ0n) is 10.2. The Morgan fingerprint density at radius 1 is 1.16 bits per heavy atom. The SMILES string of the molecule is Cc1cccc(Nc2c(F)cc(C(N)=S)cc2F)c1. The van der Waals surface area contributed by atoms with Crippen molar-refractivity contribution in [2.45, 2.75) is 6.92 Å². The molecule has 3 N–H and O–H groups in total. The fraction of sp³-hybridized carbons (Fsp3) is 0.0714. The van der Waals surface area contributed by atoms with Gasteiger partial charge in [0.2, 0.25) is 0 Å². The summed E-state index contributed by atoms with van der Waals surface area (Å²) in [6, 6.07) is 9.45. The largest absolute Gasteiger partial charge is 0.389 e. The molecule has 2 aromatic rings. The van der Waals surface area contributed by atoms with Crippen LogP contribution in [0, 0.1) is 18.6 Å². The van der Waals surface area contributed by atoms with E-state index < -0.39 is 11.6 Å². The number of anilines is 2. The summed E-state index contributed by atoms with van der Waals surface area (Å²) in [5.41, 5.74) is 6.90. The van der Waals surface area contributed by atoms with Crippen LogP contribution < -0.4 is 11.1 Å². The summed E-state index contributed by atoms with van der Waals surface area (Å²) in [6.45, 7) is 1.90. The van der Waals surface area contributed by atoms with Crippen molar-refractivity contribution in [3.63, 3.8) is 0 Å². The van der Waals surface area contributed by atoms with E-state index >= 15 is 0 Å². The summed E-state index contributed by atoms with van der Waals surface area (Å²) in [6.07, 6.45) is 0. The van der Waals surface area contributed by atoms with Crippen LogP contribution in [-0.2, 0) is 0 Å². The van der Waals surface area contributed by atoms with Gasteiger partial charge >= 0.3 is 0 Å². The Hall–Kier alpha value is -2.01. The van der Waals surface area contributed by atoms with E-state index in [-0.39, 0.29) is 16.2 Å². The number of nitrogens with two attached hydrogens (primary N) is 1. The third-order valence-corrected chi connectivity index (χ3v) is 2.85. The van der Waals surface area contributed by atoms with Gasteiger partial charge in [-0.15, -0.1) is 0 Å². The monoisotopic (exact) mass is 278 g/mol. The molecule has 0 aliphatic heterocycles. The minimum absolute atomic E-state index is 0.0418. The molecule has 0 fully saturated rings. The van der Waals surface area contributed by atoms with Crippen LogP contribution in [0.1, 0.15) is 11.1 Å². The van der Waals surface area contributed by atoms with Crippen molar-refractivity contribution in [1.82, 2.24) is 0 Å². The summed E-state index contributed by atoms with van der Waals surface area (Å²) < 4.78 is 27.7. The zero-order valence-corrected chi connectivity index (χ0v) is 11.0. The molecule has 2 aromatic carbocycles. The lowest BCUT2D eigenvalue weighted by atomic mass is 10.1. The fourth-order valence-corrected chi connectivity index (χ4v) is 1.82. The molecular weight excluding hydrogens is 266 g/mol. The summed E-state index contributed by atoms with van der Waals surface area (Å²) >= 11 is 4.70. The lowest BCUT2D eigenvalue weighted by Crippen LogP contribution is -2.11. The van der Waals surface area contributed by atoms with E-state index in [1.807, 2.05) is 13.0 Å². The summed E-state index contributed by atoms with van der Waals surface area (Å²) in [7, 11) is 0. The molecule has 0 spiro atoms. The highest BCUT2D eigenvalue weighted by Crippen LogP contribution is 2.25. The Morgan fingerprint density at radius 3 is 2.32 bits per heavy atom. The number of halogens is 2. The van der Waals surface area contributed by atoms with Crippen LogP contribution in [0.15, 0.2) is 36.4 Å². The van der Waals surface area contributed by atoms with Crippen LogP contribution in [0.5, 0.6) is 0 Å². The molecule has 0 aromatic heterocycles. The molecule has 0 saturated carbocycles. The predicted octanol–water partition coefficient (Wildman–Crippen LogP) is 3.65. The normalized spacial score (nSPS) is 10.3. The average Bonchev–Trinajstić information content (AvgIpc) is 2.33. The zero-order chi connectivity index (χ0) is 14.0. The van der Waals surface area contributed by atoms with Crippen molar-refractivity contribution in [3.8, 4) is 0 Å². The molecular formula is C14H12F2N2S. The second-order valence-corrected chi connectivity index (χ2v) is 4.61. The van der Waals surface area contributed by atoms with Gasteiger partial charge in [0.25, 0.3) is 0 Å². The molecule has 0 atom stereocenters. The Kier molecular flexibility index (Phi) is 3.76. The van der Waals surface area contributed by atoms with Crippen LogP contribution in [0.2, 0.25) is 0 Å². The van der Waals surface area contributed by atoms with Gasteiger partial charge in [0.15, 0.2) is 0 Å². The van der Waals surface area contributed by atoms with Crippen molar-refractivity contribution >= 4 is 28.6 Å². The Labute approximate surface area is 115 Å². The number of aryl methyl sites for hydroxylation is 1. The second-order valence-electron chi connectivity index (χ2n) is 4.17. The number of hydrogen-bond acceptors (Lipinski definition) is 2. The van der Waals surface area contributed by atoms with Gasteiger partial charge in [-0.3, -0.25) is 0 Å². The van der Waals surface area contributed by atoms with Gasteiger partial charge in [-0.25, -0.2) is 8.78 Å². The molecule has 2 nitrogen and oxygen atoms in total. The molecule has 0 heterocycles. The number of thiocarbonyl (C=S) groups is 1. The number of benzene rings is 2. The Balaban J connectivity index is 2.38. The van der Waals surface area contributed by atoms with Crippen LogP contribution in [0.3, 0.4) is 0 Å². The molecule has 19 heavy (non-hydrogen) atoms. The van der Waals surface area contributed by atoms with Crippen LogP contribution in [0.25, 0.3) is 0 Å². The van der Waals surface area contributed by atoms with Crippen LogP contribution in [-0.4, -0.2) is 4.99 Å². The molecule has 0 bridgehead atoms. The Bertz CT molecular complexity index is 618. The predicted molar refractivity (Wildman–Crippen MR) is 76.7 cm³/mol. The molecule has 0 aliphatic rings. The fourth-order valence-electron chi connectivity index (χ4n) is 1.70. The van der Waals surface area contributed by atoms with E-state index in [9.17, 15) is 8.78 Å². The number of rotatable bonds is 3. The van der Waals surface area contributed by atoms with E-state index in [2.05, 4.69) is 5.32 Å². The topological polar surface area (TPSA) is 38.0 Å². The summed E-state index contributed by atoms with van der Waals surface area (Å²) in [5.74, 6) is -1.46. The minimum Gasteiger partial charge on any atom is -0.389 e. The highest BCUT2D eigenvalue weighted by Gasteiger charge is 2.12. The third-order valence-electron chi connectivity index (χ3n) is 2.61. The standard InChI is InChI=1S/C14H12F2N2S/c1-8-3-2-4-10(5-8)18-13-11(15)6-9(14(17)19)7-12(13)16/h2-7,18H,1H3,(H2,17,19). The molecule has 0 saturated heterocycles. The van der Waals surface area contributed by atoms with Crippen molar-refractivity contribution in [3.05, 3.63) is 59.2 Å². The molecule has 98 valence electrons. The Morgan fingerprint density at radius 2 is 1.79 bits per heavy atom. The maximum atomic E-state index is 13.8. The van der Waals surface area contributed by atoms with Gasteiger partial charge in [0.1, 0.15) is 22.3 Å². The highest BCUT2D eigenvalue weighted by molar-refractivity contribution is 7.80. The molecule has 5 heteroatoms. The summed E-state index contributed by atoms with van der Waals surface area (Å²) in [4.78, 5) is -0.0418. The average molecular weight is 278 g/mol. The van der Waals surface area contributed by atoms with E-state index in [0.29, 0.717) is 5.69 Å². The molecule has 0 unspecified atom stereocenters. The first-order valence-corrected chi connectivity index (χ1v) is 6.01. The first kappa shape index (κ1) is 13.4. The van der Waals surface area contributed by atoms with Gasteiger partial charge < -0.3 is 11.1 Å². The van der Waals surface area contributed by atoms with Crippen molar-refractivity contribution in [2.24, 2.45) is 5.73 Å². The van der Waals surface area contributed by atoms with Crippen LogP contribution >= 0.6 is 12.2 Å². The van der Waals surface area contributed by atoms with E-state index in [1.54, 1.807) is 18.2 Å². The molecule has 0 aliphatic carbocycles. The van der Waals surface area contributed by atoms with Crippen molar-refractivity contribution in [2.75, 3.05) is 5.32 Å². The number of nitrogens with one attached hydrogen (secondary N) is 1. The van der Waals surface area contributed by atoms with E-state index in [4.69, 9.17) is 18.0 Å². The van der Waals surface area contributed by atoms with Crippen molar-refractivity contribution < 1.29 is 8.78 Å². The van der Waals surface area contributed by atoms with Crippen molar-refractivity contribution in [1.29, 1.82) is 0 Å². The van der Waals surface area contributed by atoms with Crippen LogP contribution in [0.4, 0.5) is 20.2 Å². The lowest BCUT2D eigenvalue weighted by molar-refractivity contribution is 0.590. The minimum atomic E-state index is -0.732. The maximum Gasteiger partial charge on any atom is 0.150 e. The molecule has 0 radical (unpaired) electrons. The second kappa shape index (κ2) is 5.32.